The molecule has 0 atom stereocenters. The Morgan fingerprint density at radius 3 is 2.32 bits per heavy atom. The number of imide groups is 1. The zero-order chi connectivity index (χ0) is 21.4. The van der Waals surface area contributed by atoms with E-state index in [1.807, 2.05) is 12.3 Å². The average Bonchev–Trinajstić information content (AvgIpc) is 3.31. The molecule has 1 saturated heterocycles. The van der Waals surface area contributed by atoms with E-state index < -0.39 is 0 Å². The van der Waals surface area contributed by atoms with Crippen molar-refractivity contribution in [1.29, 1.82) is 0 Å². The summed E-state index contributed by atoms with van der Waals surface area (Å²) >= 11 is 0. The Morgan fingerprint density at radius 2 is 1.61 bits per heavy atom. The number of hydrogen-bond donors (Lipinski definition) is 1. The van der Waals surface area contributed by atoms with E-state index in [0.717, 1.165) is 56.2 Å². The number of fused-ring (bicyclic) bond motifs is 2. The van der Waals surface area contributed by atoms with Crippen molar-refractivity contribution in [3.05, 3.63) is 71.2 Å². The lowest BCUT2D eigenvalue weighted by atomic mass is 9.89. The predicted octanol–water partition coefficient (Wildman–Crippen LogP) is 4.56. The Bertz CT molecular complexity index is 1100. The Hall–Kier alpha value is -2.99. The first-order chi connectivity index (χ1) is 15.1. The quantitative estimate of drug-likeness (QED) is 0.471. The van der Waals surface area contributed by atoms with E-state index >= 15 is 0 Å². The number of likely N-dealkylation sites (tertiary alicyclic amines) is 1. The van der Waals surface area contributed by atoms with Crippen LogP contribution in [-0.4, -0.2) is 52.8 Å². The minimum absolute atomic E-state index is 0.167. The van der Waals surface area contributed by atoms with Crippen LogP contribution in [0.5, 0.6) is 0 Å². The van der Waals surface area contributed by atoms with Gasteiger partial charge in [0.25, 0.3) is 11.8 Å². The molecule has 2 amide bonds. The highest BCUT2D eigenvalue weighted by Crippen LogP contribution is 2.33. The number of nitrogens with one attached hydrogen (secondary N) is 1. The minimum Gasteiger partial charge on any atom is -0.361 e. The lowest BCUT2D eigenvalue weighted by Crippen LogP contribution is -2.34. The normalized spacial score (nSPS) is 17.6. The summed E-state index contributed by atoms with van der Waals surface area (Å²) in [6.07, 6.45) is 5.99. The fraction of sp³-hybridized carbons (Fsp3) is 0.360. The number of benzene rings is 2. The van der Waals surface area contributed by atoms with Gasteiger partial charge in [-0.25, -0.2) is 4.39 Å². The molecule has 3 aromatic rings. The van der Waals surface area contributed by atoms with Crippen LogP contribution in [-0.2, 0) is 0 Å². The summed E-state index contributed by atoms with van der Waals surface area (Å²) in [5.41, 5.74) is 3.20. The molecular weight excluding hydrogens is 393 g/mol. The molecule has 0 saturated carbocycles. The molecule has 2 aliphatic heterocycles. The molecule has 1 N–H and O–H groups in total. The summed E-state index contributed by atoms with van der Waals surface area (Å²) in [6, 6.07) is 12.0. The summed E-state index contributed by atoms with van der Waals surface area (Å²) in [6.45, 7) is 3.53. The molecule has 5 nitrogen and oxygen atoms in total. The van der Waals surface area contributed by atoms with Crippen molar-refractivity contribution in [3.8, 4) is 0 Å². The van der Waals surface area contributed by atoms with Gasteiger partial charge in [-0.1, -0.05) is 12.1 Å². The molecule has 5 rings (SSSR count). The van der Waals surface area contributed by atoms with Crippen LogP contribution in [0.25, 0.3) is 10.9 Å². The summed E-state index contributed by atoms with van der Waals surface area (Å²) in [4.78, 5) is 31.9. The van der Waals surface area contributed by atoms with Gasteiger partial charge in [-0.2, -0.15) is 0 Å². The van der Waals surface area contributed by atoms with Crippen molar-refractivity contribution in [2.24, 2.45) is 0 Å². The van der Waals surface area contributed by atoms with Gasteiger partial charge in [0, 0.05) is 23.6 Å². The maximum absolute atomic E-state index is 13.4. The molecular formula is C25H26FN3O2. The second-order valence-corrected chi connectivity index (χ2v) is 8.56. The van der Waals surface area contributed by atoms with Crippen molar-refractivity contribution < 1.29 is 14.0 Å². The Labute approximate surface area is 180 Å². The van der Waals surface area contributed by atoms with Crippen LogP contribution in [0, 0.1) is 5.82 Å². The number of carbonyl (C=O) groups excluding carboxylic acids is 2. The van der Waals surface area contributed by atoms with Crippen LogP contribution in [0.4, 0.5) is 4.39 Å². The van der Waals surface area contributed by atoms with E-state index in [0.29, 0.717) is 23.6 Å². The van der Waals surface area contributed by atoms with Gasteiger partial charge in [-0.3, -0.25) is 14.5 Å². The number of H-pyrrole nitrogens is 1. The fourth-order valence-electron chi connectivity index (χ4n) is 4.97. The topological polar surface area (TPSA) is 56.4 Å². The number of hydrogen-bond acceptors (Lipinski definition) is 3. The average molecular weight is 420 g/mol. The molecule has 2 aromatic carbocycles. The largest absolute Gasteiger partial charge is 0.361 e. The smallest absolute Gasteiger partial charge is 0.261 e. The monoisotopic (exact) mass is 419 g/mol. The first-order valence-electron chi connectivity index (χ1n) is 11.1. The van der Waals surface area contributed by atoms with Crippen LogP contribution >= 0.6 is 0 Å². The number of aromatic nitrogens is 1. The highest BCUT2D eigenvalue weighted by atomic mass is 19.1. The zero-order valence-corrected chi connectivity index (χ0v) is 17.4. The summed E-state index contributed by atoms with van der Waals surface area (Å²) in [5, 5.41) is 1.13. The van der Waals surface area contributed by atoms with Gasteiger partial charge < -0.3 is 9.88 Å². The molecule has 2 aliphatic rings. The van der Waals surface area contributed by atoms with Gasteiger partial charge in [0.05, 0.1) is 11.1 Å². The Kier molecular flexibility index (Phi) is 5.32. The molecule has 0 spiro atoms. The van der Waals surface area contributed by atoms with Gasteiger partial charge in [0.2, 0.25) is 0 Å². The first-order valence-corrected chi connectivity index (χ1v) is 11.1. The van der Waals surface area contributed by atoms with Crippen LogP contribution in [0.2, 0.25) is 0 Å². The highest BCUT2D eigenvalue weighted by molar-refractivity contribution is 6.21. The van der Waals surface area contributed by atoms with E-state index in [-0.39, 0.29) is 17.6 Å². The Morgan fingerprint density at radius 1 is 0.935 bits per heavy atom. The van der Waals surface area contributed by atoms with Gasteiger partial charge in [0.1, 0.15) is 5.82 Å². The van der Waals surface area contributed by atoms with Crippen LogP contribution in [0.1, 0.15) is 57.9 Å². The second kappa shape index (κ2) is 8.27. The van der Waals surface area contributed by atoms with E-state index in [4.69, 9.17) is 0 Å². The number of amides is 2. The van der Waals surface area contributed by atoms with E-state index in [1.165, 1.54) is 16.5 Å². The van der Waals surface area contributed by atoms with Gasteiger partial charge in [-0.05, 0) is 87.1 Å². The zero-order valence-electron chi connectivity index (χ0n) is 17.4. The SMILES string of the molecule is O=C1c2ccccc2C(=O)N1CCCCN1CCC(c2c[nH]c3cc(F)ccc23)CC1. The molecule has 3 heterocycles. The maximum Gasteiger partial charge on any atom is 0.261 e. The number of piperidine rings is 1. The summed E-state index contributed by atoms with van der Waals surface area (Å²) < 4.78 is 13.4. The van der Waals surface area contributed by atoms with Crippen molar-refractivity contribution >= 4 is 22.7 Å². The lowest BCUT2D eigenvalue weighted by Gasteiger charge is -2.32. The van der Waals surface area contributed by atoms with Crippen LogP contribution in [0.3, 0.4) is 0 Å². The third-order valence-corrected chi connectivity index (χ3v) is 6.69. The molecule has 0 bridgehead atoms. The minimum atomic E-state index is -0.211. The van der Waals surface area contributed by atoms with Crippen LogP contribution in [0.15, 0.2) is 48.7 Å². The number of rotatable bonds is 6. The van der Waals surface area contributed by atoms with Crippen molar-refractivity contribution in [3.63, 3.8) is 0 Å². The molecule has 31 heavy (non-hydrogen) atoms. The van der Waals surface area contributed by atoms with E-state index in [1.54, 1.807) is 30.3 Å². The van der Waals surface area contributed by atoms with Crippen LogP contribution < -0.4 is 0 Å². The summed E-state index contributed by atoms with van der Waals surface area (Å²) in [7, 11) is 0. The molecule has 1 fully saturated rings. The predicted molar refractivity (Wildman–Crippen MR) is 118 cm³/mol. The van der Waals surface area contributed by atoms with E-state index in [9.17, 15) is 14.0 Å². The fourth-order valence-corrected chi connectivity index (χ4v) is 4.97. The summed E-state index contributed by atoms with van der Waals surface area (Å²) in [5.74, 6) is -0.0502. The number of carbonyl (C=O) groups is 2. The standard InChI is InChI=1S/C25H26FN3O2/c26-18-7-8-19-22(16-27-23(19)15-18)17-9-13-28(14-10-17)11-3-4-12-29-24(30)20-5-1-2-6-21(20)25(29)31/h1-2,5-8,15-17,27H,3-4,9-14H2. The molecule has 160 valence electrons. The number of unbranched alkanes of at least 4 members (excludes halogenated alkanes) is 1. The van der Waals surface area contributed by atoms with Gasteiger partial charge >= 0.3 is 0 Å². The Balaban J connectivity index is 1.09. The van der Waals surface area contributed by atoms with Crippen molar-refractivity contribution in [2.45, 2.75) is 31.6 Å². The van der Waals surface area contributed by atoms with Crippen molar-refractivity contribution in [1.82, 2.24) is 14.8 Å². The molecule has 6 heteroatoms. The maximum atomic E-state index is 13.4. The number of halogens is 1. The van der Waals surface area contributed by atoms with E-state index in [2.05, 4.69) is 9.88 Å². The lowest BCUT2D eigenvalue weighted by molar-refractivity contribution is 0.0649. The number of aromatic amines is 1. The second-order valence-electron chi connectivity index (χ2n) is 8.56. The third-order valence-electron chi connectivity index (χ3n) is 6.69. The molecule has 0 unspecified atom stereocenters. The van der Waals surface area contributed by atoms with Crippen molar-refractivity contribution in [2.75, 3.05) is 26.2 Å². The highest BCUT2D eigenvalue weighted by Gasteiger charge is 2.34. The molecule has 0 aliphatic carbocycles. The molecule has 0 radical (unpaired) electrons. The first kappa shape index (κ1) is 19.9. The van der Waals surface area contributed by atoms with Gasteiger partial charge in [-0.15, -0.1) is 0 Å². The molecule has 1 aromatic heterocycles. The third kappa shape index (κ3) is 3.76. The van der Waals surface area contributed by atoms with Gasteiger partial charge in [0.15, 0.2) is 0 Å². The number of nitrogens with zero attached hydrogens (tertiary/aromatic N) is 2.